The van der Waals surface area contributed by atoms with E-state index < -0.39 is 34.6 Å². The average Bonchev–Trinajstić information content (AvgIpc) is 2.54. The molecule has 1 aromatic heterocycles. The Hall–Kier alpha value is -2.13. The third-order valence-electron chi connectivity index (χ3n) is 2.94. The van der Waals surface area contributed by atoms with Gasteiger partial charge in [0.2, 0.25) is 0 Å². The number of aryl methyl sites for hydroxylation is 1. The minimum Gasteiger partial charge on any atom is -0.336 e. The predicted molar refractivity (Wildman–Crippen MR) is 85.4 cm³/mol. The Bertz CT molecular complexity index is 787. The van der Waals surface area contributed by atoms with Gasteiger partial charge < -0.3 is 5.32 Å². The molecule has 0 saturated heterocycles. The van der Waals surface area contributed by atoms with Gasteiger partial charge in [-0.1, -0.05) is 0 Å². The maximum absolute atomic E-state index is 14.2. The van der Waals surface area contributed by atoms with E-state index in [0.29, 0.717) is 10.5 Å². The summed E-state index contributed by atoms with van der Waals surface area (Å²) < 4.78 is 41.7. The highest BCUT2D eigenvalue weighted by atomic mass is 79.9. The van der Waals surface area contributed by atoms with Gasteiger partial charge in [0.1, 0.15) is 5.82 Å². The Morgan fingerprint density at radius 1 is 1.29 bits per heavy atom. The zero-order valence-corrected chi connectivity index (χ0v) is 14.3. The van der Waals surface area contributed by atoms with E-state index in [9.17, 15) is 18.0 Å². The molecule has 5 nitrogen and oxygen atoms in total. The molecule has 0 aliphatic heterocycles. The van der Waals surface area contributed by atoms with Crippen LogP contribution in [-0.4, -0.2) is 17.5 Å². The van der Waals surface area contributed by atoms with Gasteiger partial charge in [0.15, 0.2) is 17.5 Å². The molecule has 2 N–H and O–H groups in total. The molecule has 24 heavy (non-hydrogen) atoms. The fourth-order valence-corrected chi connectivity index (χ4v) is 2.40. The Kier molecular flexibility index (Phi) is 5.79. The van der Waals surface area contributed by atoms with Crippen molar-refractivity contribution in [2.75, 3.05) is 11.9 Å². The van der Waals surface area contributed by atoms with Gasteiger partial charge >= 0.3 is 0 Å². The molecule has 1 amide bonds. The second-order valence-electron chi connectivity index (χ2n) is 4.74. The van der Waals surface area contributed by atoms with E-state index in [-0.39, 0.29) is 12.4 Å². The topological polar surface area (TPSA) is 63.2 Å². The summed E-state index contributed by atoms with van der Waals surface area (Å²) in [5, 5.41) is 2.51. The molecule has 1 aromatic carbocycles. The summed E-state index contributed by atoms with van der Waals surface area (Å²) in [6.07, 6.45) is 1.49. The van der Waals surface area contributed by atoms with Gasteiger partial charge in [-0.25, -0.2) is 23.6 Å². The lowest BCUT2D eigenvalue weighted by molar-refractivity contribution is 0.0364. The molecule has 0 aliphatic rings. The highest BCUT2D eigenvalue weighted by Gasteiger charge is 2.24. The van der Waals surface area contributed by atoms with Gasteiger partial charge in [-0.15, -0.1) is 0 Å². The Morgan fingerprint density at radius 2 is 2.00 bits per heavy atom. The summed E-state index contributed by atoms with van der Waals surface area (Å²) in [4.78, 5) is 20.7. The van der Waals surface area contributed by atoms with E-state index in [1.807, 2.05) is 5.48 Å². The van der Waals surface area contributed by atoms with Crippen LogP contribution in [0.5, 0.6) is 0 Å². The van der Waals surface area contributed by atoms with Crippen LogP contribution in [0, 0.1) is 24.4 Å². The number of anilines is 2. The van der Waals surface area contributed by atoms with Crippen LogP contribution in [0.15, 0.2) is 22.8 Å². The maximum atomic E-state index is 14.2. The van der Waals surface area contributed by atoms with Gasteiger partial charge in [-0.3, -0.25) is 9.63 Å². The van der Waals surface area contributed by atoms with Crippen molar-refractivity contribution >= 4 is 33.3 Å². The zero-order valence-electron chi connectivity index (χ0n) is 12.7. The first-order chi connectivity index (χ1) is 11.3. The van der Waals surface area contributed by atoms with Crippen LogP contribution in [-0.2, 0) is 4.84 Å². The third-order valence-corrected chi connectivity index (χ3v) is 3.54. The number of benzene rings is 1. The first-order valence-electron chi connectivity index (χ1n) is 6.84. The summed E-state index contributed by atoms with van der Waals surface area (Å²) >= 11 is 3.23. The molecule has 2 aromatic rings. The molecule has 0 radical (unpaired) electrons. The molecule has 1 heterocycles. The Morgan fingerprint density at radius 3 is 2.62 bits per heavy atom. The van der Waals surface area contributed by atoms with Gasteiger partial charge in [0, 0.05) is 6.20 Å². The van der Waals surface area contributed by atoms with Crippen LogP contribution < -0.4 is 10.8 Å². The van der Waals surface area contributed by atoms with Gasteiger partial charge in [-0.2, -0.15) is 0 Å². The summed E-state index contributed by atoms with van der Waals surface area (Å²) in [7, 11) is 0. The van der Waals surface area contributed by atoms with E-state index in [0.717, 1.165) is 5.56 Å². The normalized spacial score (nSPS) is 10.6. The first-order valence-corrected chi connectivity index (χ1v) is 7.63. The zero-order chi connectivity index (χ0) is 17.9. The fraction of sp³-hybridized carbons (Fsp3) is 0.200. The number of hydrogen-bond acceptors (Lipinski definition) is 4. The van der Waals surface area contributed by atoms with Crippen molar-refractivity contribution in [1.29, 1.82) is 0 Å². The quantitative estimate of drug-likeness (QED) is 0.585. The monoisotopic (exact) mass is 403 g/mol. The minimum absolute atomic E-state index is 0.135. The van der Waals surface area contributed by atoms with E-state index in [1.54, 1.807) is 19.9 Å². The number of carbonyl (C=O) groups excluding carboxylic acids is 1. The number of pyridine rings is 1. The molecule has 9 heteroatoms. The molecule has 0 aliphatic carbocycles. The lowest BCUT2D eigenvalue weighted by atomic mass is 10.1. The predicted octanol–water partition coefficient (Wildman–Crippen LogP) is 3.99. The van der Waals surface area contributed by atoms with E-state index in [1.165, 1.54) is 6.20 Å². The number of hydroxylamine groups is 1. The second-order valence-corrected chi connectivity index (χ2v) is 5.60. The Labute approximate surface area is 144 Å². The Balaban J connectivity index is 2.50. The largest absolute Gasteiger partial charge is 0.336 e. The number of hydrogen-bond donors (Lipinski definition) is 2. The van der Waals surface area contributed by atoms with Gasteiger partial charge in [0.05, 0.1) is 22.3 Å². The number of halogens is 4. The molecule has 0 fully saturated rings. The van der Waals surface area contributed by atoms with E-state index >= 15 is 0 Å². The molecule has 2 rings (SSSR count). The lowest BCUT2D eigenvalue weighted by Crippen LogP contribution is -2.25. The summed E-state index contributed by atoms with van der Waals surface area (Å²) in [5.74, 6) is -5.52. The molecule has 0 saturated carbocycles. The molecule has 0 atom stereocenters. The SMILES string of the molecule is CCONC(=O)c1cc(F)c(F)c(F)c1Nc1ncc(C)cc1Br. The third kappa shape index (κ3) is 3.85. The minimum atomic E-state index is -1.70. The van der Waals surface area contributed by atoms with E-state index in [4.69, 9.17) is 4.84 Å². The van der Waals surface area contributed by atoms with Crippen LogP contribution >= 0.6 is 15.9 Å². The van der Waals surface area contributed by atoms with Crippen molar-refractivity contribution in [2.45, 2.75) is 13.8 Å². The number of aromatic nitrogens is 1. The number of nitrogens with one attached hydrogen (secondary N) is 2. The van der Waals surface area contributed by atoms with Crippen LogP contribution in [0.3, 0.4) is 0 Å². The highest BCUT2D eigenvalue weighted by molar-refractivity contribution is 9.10. The van der Waals surface area contributed by atoms with Crippen LogP contribution in [0.1, 0.15) is 22.8 Å². The van der Waals surface area contributed by atoms with Crippen molar-refractivity contribution in [1.82, 2.24) is 10.5 Å². The van der Waals surface area contributed by atoms with Crippen molar-refractivity contribution in [3.05, 3.63) is 51.4 Å². The molecule has 0 spiro atoms. The van der Waals surface area contributed by atoms with Crippen molar-refractivity contribution in [3.63, 3.8) is 0 Å². The van der Waals surface area contributed by atoms with Crippen LogP contribution in [0.25, 0.3) is 0 Å². The molecule has 0 bridgehead atoms. The molecule has 128 valence electrons. The van der Waals surface area contributed by atoms with Gasteiger partial charge in [-0.05, 0) is 47.5 Å². The number of amides is 1. The highest BCUT2D eigenvalue weighted by Crippen LogP contribution is 2.30. The fourth-order valence-electron chi connectivity index (χ4n) is 1.83. The summed E-state index contributed by atoms with van der Waals surface area (Å²) in [6.45, 7) is 3.55. The summed E-state index contributed by atoms with van der Waals surface area (Å²) in [5.41, 5.74) is 1.82. The van der Waals surface area contributed by atoms with Crippen molar-refractivity contribution < 1.29 is 22.8 Å². The summed E-state index contributed by atoms with van der Waals surface area (Å²) in [6, 6.07) is 2.27. The standard InChI is InChI=1S/C15H13BrF3N3O2/c1-3-24-22-15(23)8-5-10(17)11(18)12(19)13(8)21-14-9(16)4-7(2)6-20-14/h4-6H,3H2,1-2H3,(H,20,21)(H,22,23). The molecular weight excluding hydrogens is 391 g/mol. The smallest absolute Gasteiger partial charge is 0.277 e. The van der Waals surface area contributed by atoms with Crippen molar-refractivity contribution in [2.24, 2.45) is 0 Å². The first kappa shape index (κ1) is 18.2. The van der Waals surface area contributed by atoms with E-state index in [2.05, 4.69) is 26.2 Å². The number of carbonyl (C=O) groups is 1. The van der Waals surface area contributed by atoms with Crippen LogP contribution in [0.4, 0.5) is 24.7 Å². The molecular formula is C15H13BrF3N3O2. The number of rotatable bonds is 5. The average molecular weight is 404 g/mol. The lowest BCUT2D eigenvalue weighted by Gasteiger charge is -2.14. The maximum Gasteiger partial charge on any atom is 0.277 e. The van der Waals surface area contributed by atoms with Crippen molar-refractivity contribution in [3.8, 4) is 0 Å². The molecule has 0 unspecified atom stereocenters. The second kappa shape index (κ2) is 7.63. The van der Waals surface area contributed by atoms with Crippen LogP contribution in [0.2, 0.25) is 0 Å². The number of nitrogens with zero attached hydrogens (tertiary/aromatic N) is 1. The van der Waals surface area contributed by atoms with Gasteiger partial charge in [0.25, 0.3) is 5.91 Å².